The van der Waals surface area contributed by atoms with Gasteiger partial charge < -0.3 is 25.0 Å². The van der Waals surface area contributed by atoms with Crippen molar-refractivity contribution < 1.29 is 41.0 Å². The Labute approximate surface area is 218 Å². The molecule has 2 aromatic rings. The van der Waals surface area contributed by atoms with Gasteiger partial charge in [0, 0.05) is 37.9 Å². The molecule has 1 amide bonds. The number of fused-ring (bicyclic) bond motifs is 3. The molecule has 4 heterocycles. The van der Waals surface area contributed by atoms with Crippen LogP contribution < -0.4 is 15.8 Å². The van der Waals surface area contributed by atoms with Crippen LogP contribution in [0.2, 0.25) is 0 Å². The Morgan fingerprint density at radius 1 is 1.21 bits per heavy atom. The van der Waals surface area contributed by atoms with Gasteiger partial charge in [0.05, 0.1) is 30.7 Å². The molecule has 0 saturated carbocycles. The number of anilines is 2. The number of alkyl halides is 6. The molecule has 2 aliphatic rings. The van der Waals surface area contributed by atoms with Crippen LogP contribution in [0.4, 0.5) is 37.8 Å². The normalized spacial score (nSPS) is 19.2. The summed E-state index contributed by atoms with van der Waals surface area (Å²) in [4.78, 5) is 31.7. The fourth-order valence-corrected chi connectivity index (χ4v) is 4.74. The number of nitrogens with one attached hydrogen (secondary N) is 2. The lowest BCUT2D eigenvalue weighted by Gasteiger charge is -2.45. The predicted octanol–water partition coefficient (Wildman–Crippen LogP) is 2.04. The van der Waals surface area contributed by atoms with Crippen LogP contribution in [-0.4, -0.2) is 82.1 Å². The van der Waals surface area contributed by atoms with Gasteiger partial charge in [-0.3, -0.25) is 9.59 Å². The highest BCUT2D eigenvalue weighted by Crippen LogP contribution is 2.36. The average molecular weight is 564 g/mol. The Hall–Kier alpha value is -3.40. The van der Waals surface area contributed by atoms with Crippen LogP contribution in [0.15, 0.2) is 23.3 Å². The lowest BCUT2D eigenvalue weighted by atomic mass is 9.95. The van der Waals surface area contributed by atoms with E-state index in [0.717, 1.165) is 18.5 Å². The third-order valence-corrected chi connectivity index (χ3v) is 6.55. The van der Waals surface area contributed by atoms with Crippen LogP contribution in [-0.2, 0) is 28.3 Å². The molecule has 0 radical (unpaired) electrons. The summed E-state index contributed by atoms with van der Waals surface area (Å²) in [6, 6.07) is 0.194. The standard InChI is InChI=1S/C23H26F6N6O4/c1-12(32-16-8-31-33-20(37)18(16)23(27,28)29)10-39-11-17(36)21(38)34-4-5-35-15(9-34)3-2-13-6-14(22(24,25)26)7-30-19(13)35/h6-8,12,15,17,36H,2-5,9-11H2,1H3,(H2,32,33,37)/t12?,15-,17?/m1/s1. The second-order valence-electron chi connectivity index (χ2n) is 9.46. The maximum Gasteiger partial charge on any atom is 0.423 e. The number of amides is 1. The molecule has 10 nitrogen and oxygen atoms in total. The molecule has 39 heavy (non-hydrogen) atoms. The summed E-state index contributed by atoms with van der Waals surface area (Å²) in [5, 5.41) is 17.9. The zero-order valence-corrected chi connectivity index (χ0v) is 20.6. The summed E-state index contributed by atoms with van der Waals surface area (Å²) in [7, 11) is 0. The van der Waals surface area contributed by atoms with Gasteiger partial charge in [0.25, 0.3) is 11.5 Å². The zero-order valence-electron chi connectivity index (χ0n) is 20.6. The Kier molecular flexibility index (Phi) is 8.07. The van der Waals surface area contributed by atoms with Crippen LogP contribution >= 0.6 is 0 Å². The van der Waals surface area contributed by atoms with Crippen molar-refractivity contribution in [1.82, 2.24) is 20.1 Å². The first-order valence-electron chi connectivity index (χ1n) is 12.0. The first kappa shape index (κ1) is 28.6. The summed E-state index contributed by atoms with van der Waals surface area (Å²) >= 11 is 0. The van der Waals surface area contributed by atoms with Gasteiger partial charge in [0.2, 0.25) is 0 Å². The van der Waals surface area contributed by atoms with Crippen LogP contribution in [0.1, 0.15) is 30.0 Å². The largest absolute Gasteiger partial charge is 0.423 e. The number of aliphatic hydroxyl groups excluding tert-OH is 1. The fraction of sp³-hybridized carbons (Fsp3) is 0.565. The van der Waals surface area contributed by atoms with Gasteiger partial charge >= 0.3 is 12.4 Å². The minimum atomic E-state index is -4.91. The SMILES string of the molecule is CC(COCC(O)C(=O)N1CCN2c3ncc(C(F)(F)F)cc3CC[C@@H]2C1)Nc1cn[nH]c(=O)c1C(F)(F)F. The molecular formula is C23H26F6N6O4. The minimum Gasteiger partial charge on any atom is -0.381 e. The van der Waals surface area contributed by atoms with Crippen LogP contribution in [0.3, 0.4) is 0 Å². The van der Waals surface area contributed by atoms with Crippen molar-refractivity contribution in [3.8, 4) is 0 Å². The second kappa shape index (κ2) is 11.0. The number of piperazine rings is 1. The molecule has 0 aromatic carbocycles. The summed E-state index contributed by atoms with van der Waals surface area (Å²) in [6.07, 6.45) is -8.43. The van der Waals surface area contributed by atoms with Crippen molar-refractivity contribution in [1.29, 1.82) is 0 Å². The Morgan fingerprint density at radius 3 is 2.64 bits per heavy atom. The third-order valence-electron chi connectivity index (χ3n) is 6.55. The number of halogens is 6. The number of aliphatic hydroxyl groups is 1. The van der Waals surface area contributed by atoms with E-state index in [9.17, 15) is 41.0 Å². The van der Waals surface area contributed by atoms with Crippen molar-refractivity contribution in [2.24, 2.45) is 0 Å². The highest BCUT2D eigenvalue weighted by molar-refractivity contribution is 5.81. The van der Waals surface area contributed by atoms with Crippen LogP contribution in [0, 0.1) is 0 Å². The average Bonchev–Trinajstić information content (AvgIpc) is 2.86. The number of aromatic amines is 1. The number of carbonyl (C=O) groups excluding carboxylic acids is 1. The van der Waals surface area contributed by atoms with Crippen molar-refractivity contribution in [2.45, 2.75) is 50.3 Å². The van der Waals surface area contributed by atoms with Crippen molar-refractivity contribution in [2.75, 3.05) is 43.1 Å². The van der Waals surface area contributed by atoms with E-state index < -0.39 is 59.4 Å². The molecule has 4 rings (SSSR count). The highest BCUT2D eigenvalue weighted by atomic mass is 19.4. The van der Waals surface area contributed by atoms with Gasteiger partial charge in [-0.05, 0) is 31.4 Å². The van der Waals surface area contributed by atoms with Crippen molar-refractivity contribution in [3.05, 3.63) is 45.5 Å². The third kappa shape index (κ3) is 6.43. The molecule has 214 valence electrons. The molecule has 0 spiro atoms. The van der Waals surface area contributed by atoms with Crippen molar-refractivity contribution in [3.63, 3.8) is 0 Å². The van der Waals surface area contributed by atoms with Gasteiger partial charge in [0.1, 0.15) is 11.4 Å². The van der Waals surface area contributed by atoms with E-state index in [0.29, 0.717) is 30.8 Å². The summed E-state index contributed by atoms with van der Waals surface area (Å²) in [5.74, 6) is -0.138. The number of aromatic nitrogens is 3. The summed E-state index contributed by atoms with van der Waals surface area (Å²) in [5.41, 5.74) is -3.67. The molecule has 2 aliphatic heterocycles. The maximum atomic E-state index is 13.2. The van der Waals surface area contributed by atoms with Gasteiger partial charge in [-0.15, -0.1) is 0 Å². The molecule has 16 heteroatoms. The number of carbonyl (C=O) groups is 1. The molecule has 1 saturated heterocycles. The maximum absolute atomic E-state index is 13.2. The molecule has 0 aliphatic carbocycles. The molecule has 0 bridgehead atoms. The quantitative estimate of drug-likeness (QED) is 0.437. The zero-order chi connectivity index (χ0) is 28.5. The first-order valence-corrected chi connectivity index (χ1v) is 12.0. The lowest BCUT2D eigenvalue weighted by molar-refractivity contribution is -0.144. The fourth-order valence-electron chi connectivity index (χ4n) is 4.74. The number of hydrogen-bond acceptors (Lipinski definition) is 8. The number of pyridine rings is 1. The highest BCUT2D eigenvalue weighted by Gasteiger charge is 2.39. The monoisotopic (exact) mass is 564 g/mol. The minimum absolute atomic E-state index is 0.178. The van der Waals surface area contributed by atoms with Crippen LogP contribution in [0.25, 0.3) is 0 Å². The van der Waals surface area contributed by atoms with E-state index in [2.05, 4.69) is 15.4 Å². The van der Waals surface area contributed by atoms with E-state index in [1.807, 2.05) is 4.90 Å². The van der Waals surface area contributed by atoms with Gasteiger partial charge in [-0.2, -0.15) is 31.4 Å². The van der Waals surface area contributed by atoms with Gasteiger partial charge in [-0.25, -0.2) is 10.1 Å². The van der Waals surface area contributed by atoms with Crippen LogP contribution in [0.5, 0.6) is 0 Å². The lowest BCUT2D eigenvalue weighted by Crippen LogP contribution is -2.58. The van der Waals surface area contributed by atoms with Gasteiger partial charge in [0.15, 0.2) is 6.10 Å². The number of aryl methyl sites for hydroxylation is 1. The molecule has 2 unspecified atom stereocenters. The molecule has 3 atom stereocenters. The van der Waals surface area contributed by atoms with E-state index in [1.165, 1.54) is 11.8 Å². The summed E-state index contributed by atoms with van der Waals surface area (Å²) < 4.78 is 83.9. The molecule has 3 N–H and O–H groups in total. The Morgan fingerprint density at radius 2 is 1.95 bits per heavy atom. The number of H-pyrrole nitrogens is 1. The Balaban J connectivity index is 1.28. The van der Waals surface area contributed by atoms with E-state index in [-0.39, 0.29) is 25.7 Å². The molecule has 1 fully saturated rings. The van der Waals surface area contributed by atoms with Gasteiger partial charge in [-0.1, -0.05) is 0 Å². The first-order chi connectivity index (χ1) is 18.3. The number of nitrogens with zero attached hydrogens (tertiary/aromatic N) is 4. The second-order valence-corrected chi connectivity index (χ2v) is 9.46. The topological polar surface area (TPSA) is 124 Å². The number of ether oxygens (including phenoxy) is 1. The smallest absolute Gasteiger partial charge is 0.381 e. The number of rotatable bonds is 7. The van der Waals surface area contributed by atoms with E-state index >= 15 is 0 Å². The predicted molar refractivity (Wildman–Crippen MR) is 125 cm³/mol. The van der Waals surface area contributed by atoms with E-state index in [4.69, 9.17) is 4.74 Å². The summed E-state index contributed by atoms with van der Waals surface area (Å²) in [6.45, 7) is 1.66. The van der Waals surface area contributed by atoms with E-state index in [1.54, 1.807) is 5.10 Å². The molecular weight excluding hydrogens is 538 g/mol. The molecule has 2 aromatic heterocycles. The Bertz CT molecular complexity index is 1250. The van der Waals surface area contributed by atoms with Crippen molar-refractivity contribution >= 4 is 17.4 Å². The number of hydrogen-bond donors (Lipinski definition) is 3.